The second-order valence-electron chi connectivity index (χ2n) is 6.68. The predicted molar refractivity (Wildman–Crippen MR) is 116 cm³/mol. The number of hydrogen-bond donors (Lipinski definition) is 2. The van der Waals surface area contributed by atoms with Crippen LogP contribution in [0.15, 0.2) is 79.3 Å². The molecule has 2 heterocycles. The van der Waals surface area contributed by atoms with E-state index in [2.05, 4.69) is 30.3 Å². The molecule has 0 fully saturated rings. The maximum Gasteiger partial charge on any atom is 0.387 e. The van der Waals surface area contributed by atoms with Crippen LogP contribution in [-0.4, -0.2) is 27.5 Å². The lowest BCUT2D eigenvalue weighted by Gasteiger charge is -2.11. The number of pyridine rings is 1. The highest BCUT2D eigenvalue weighted by molar-refractivity contribution is 6.05. The first-order valence-electron chi connectivity index (χ1n) is 9.64. The van der Waals surface area contributed by atoms with E-state index in [0.29, 0.717) is 22.5 Å². The van der Waals surface area contributed by atoms with E-state index in [-0.39, 0.29) is 23.2 Å². The van der Waals surface area contributed by atoms with Gasteiger partial charge in [-0.2, -0.15) is 8.78 Å². The molecule has 7 nitrogen and oxygen atoms in total. The average molecular weight is 451 g/mol. The molecule has 2 aromatic carbocycles. The quantitative estimate of drug-likeness (QED) is 0.398. The summed E-state index contributed by atoms with van der Waals surface area (Å²) in [5, 5.41) is 5.65. The second kappa shape index (κ2) is 9.77. The van der Waals surface area contributed by atoms with Crippen molar-refractivity contribution < 1.29 is 22.7 Å². The molecule has 2 aromatic heterocycles. The van der Waals surface area contributed by atoms with E-state index in [0.717, 1.165) is 0 Å². The zero-order valence-corrected chi connectivity index (χ0v) is 16.9. The SMILES string of the molecule is O=C(Nc1cnccc1-c1ccc(F)cc1)c1ccnc(Nc2ccc(OC(F)F)cc2)n1. The minimum Gasteiger partial charge on any atom is -0.435 e. The molecule has 166 valence electrons. The van der Waals surface area contributed by atoms with Gasteiger partial charge in [0.25, 0.3) is 5.91 Å². The standard InChI is InChI=1S/C23H16F3N5O2/c24-15-3-1-14(2-4-15)18-9-11-27-13-20(18)30-21(32)19-10-12-28-23(31-19)29-16-5-7-17(8-6-16)33-22(25)26/h1-13,22H,(H,30,32)(H,28,29,31). The summed E-state index contributed by atoms with van der Waals surface area (Å²) < 4.78 is 42.1. The Kier molecular flexibility index (Phi) is 6.44. The molecule has 0 spiro atoms. The molecule has 2 N–H and O–H groups in total. The van der Waals surface area contributed by atoms with Crippen molar-refractivity contribution >= 4 is 23.2 Å². The Hall–Kier alpha value is -4.47. The van der Waals surface area contributed by atoms with Gasteiger partial charge in [0.05, 0.1) is 11.9 Å². The number of carbonyl (C=O) groups excluding carboxylic acids is 1. The molecular weight excluding hydrogens is 435 g/mol. The van der Waals surface area contributed by atoms with Gasteiger partial charge in [-0.25, -0.2) is 14.4 Å². The number of aromatic nitrogens is 3. The van der Waals surface area contributed by atoms with Gasteiger partial charge < -0.3 is 15.4 Å². The summed E-state index contributed by atoms with van der Waals surface area (Å²) in [6.45, 7) is -2.91. The molecule has 0 saturated heterocycles. The number of nitrogens with one attached hydrogen (secondary N) is 2. The van der Waals surface area contributed by atoms with Crippen molar-refractivity contribution in [3.05, 3.63) is 90.8 Å². The third-order valence-corrected chi connectivity index (χ3v) is 4.45. The van der Waals surface area contributed by atoms with Gasteiger partial charge in [0.1, 0.15) is 17.3 Å². The van der Waals surface area contributed by atoms with Crippen molar-refractivity contribution in [2.24, 2.45) is 0 Å². The largest absolute Gasteiger partial charge is 0.435 e. The summed E-state index contributed by atoms with van der Waals surface area (Å²) in [4.78, 5) is 25.1. The van der Waals surface area contributed by atoms with Crippen molar-refractivity contribution in [1.82, 2.24) is 15.0 Å². The first-order valence-corrected chi connectivity index (χ1v) is 9.64. The fraction of sp³-hybridized carbons (Fsp3) is 0.0435. The van der Waals surface area contributed by atoms with Crippen LogP contribution >= 0.6 is 0 Å². The number of halogens is 3. The van der Waals surface area contributed by atoms with Crippen LogP contribution in [0.5, 0.6) is 5.75 Å². The predicted octanol–water partition coefficient (Wildman–Crippen LogP) is 5.28. The fourth-order valence-corrected chi connectivity index (χ4v) is 2.96. The lowest BCUT2D eigenvalue weighted by atomic mass is 10.1. The van der Waals surface area contributed by atoms with Crippen LogP contribution in [0.25, 0.3) is 11.1 Å². The number of anilines is 3. The van der Waals surface area contributed by atoms with E-state index in [9.17, 15) is 18.0 Å². The van der Waals surface area contributed by atoms with Crippen LogP contribution in [0.1, 0.15) is 10.5 Å². The van der Waals surface area contributed by atoms with Crippen LogP contribution in [-0.2, 0) is 0 Å². The Morgan fingerprint density at radius 2 is 1.70 bits per heavy atom. The van der Waals surface area contributed by atoms with Crippen LogP contribution in [0.2, 0.25) is 0 Å². The van der Waals surface area contributed by atoms with Crippen LogP contribution < -0.4 is 15.4 Å². The van der Waals surface area contributed by atoms with Gasteiger partial charge in [0.15, 0.2) is 0 Å². The van der Waals surface area contributed by atoms with E-state index < -0.39 is 12.5 Å². The molecule has 0 unspecified atom stereocenters. The first kappa shape index (κ1) is 21.8. The summed E-state index contributed by atoms with van der Waals surface area (Å²) in [6.07, 6.45) is 4.46. The normalized spacial score (nSPS) is 10.7. The molecule has 0 aliphatic carbocycles. The minimum atomic E-state index is -2.91. The summed E-state index contributed by atoms with van der Waals surface area (Å²) in [6, 6.07) is 14.8. The maximum absolute atomic E-state index is 13.3. The number of amides is 1. The zero-order valence-electron chi connectivity index (χ0n) is 16.9. The lowest BCUT2D eigenvalue weighted by molar-refractivity contribution is -0.0498. The van der Waals surface area contributed by atoms with Gasteiger partial charge in [0, 0.05) is 23.6 Å². The van der Waals surface area contributed by atoms with Gasteiger partial charge in [-0.3, -0.25) is 9.78 Å². The monoisotopic (exact) mass is 451 g/mol. The van der Waals surface area contributed by atoms with Gasteiger partial charge in [0.2, 0.25) is 5.95 Å². The average Bonchev–Trinajstić information content (AvgIpc) is 2.81. The van der Waals surface area contributed by atoms with Gasteiger partial charge in [-0.15, -0.1) is 0 Å². The number of alkyl halides is 2. The van der Waals surface area contributed by atoms with Crippen LogP contribution in [0.4, 0.5) is 30.5 Å². The Bertz CT molecular complexity index is 1250. The fourth-order valence-electron chi connectivity index (χ4n) is 2.96. The van der Waals surface area contributed by atoms with Gasteiger partial charge in [-0.05, 0) is 54.1 Å². The van der Waals surface area contributed by atoms with Crippen molar-refractivity contribution in [2.75, 3.05) is 10.6 Å². The molecule has 4 aromatic rings. The van der Waals surface area contributed by atoms with Gasteiger partial charge >= 0.3 is 6.61 Å². The molecule has 10 heteroatoms. The molecule has 4 rings (SSSR count). The molecule has 0 aliphatic rings. The van der Waals surface area contributed by atoms with Crippen molar-refractivity contribution in [2.45, 2.75) is 6.61 Å². The highest BCUT2D eigenvalue weighted by Crippen LogP contribution is 2.27. The highest BCUT2D eigenvalue weighted by atomic mass is 19.3. The second-order valence-corrected chi connectivity index (χ2v) is 6.68. The Labute approximate surface area is 186 Å². The maximum atomic E-state index is 13.3. The molecule has 0 bridgehead atoms. The lowest BCUT2D eigenvalue weighted by Crippen LogP contribution is -2.15. The van der Waals surface area contributed by atoms with Crippen LogP contribution in [0, 0.1) is 5.82 Å². The molecule has 0 saturated carbocycles. The smallest absolute Gasteiger partial charge is 0.387 e. The summed E-state index contributed by atoms with van der Waals surface area (Å²) in [5.41, 5.74) is 2.39. The third-order valence-electron chi connectivity index (χ3n) is 4.45. The molecular formula is C23H16F3N5O2. The van der Waals surface area contributed by atoms with Crippen molar-refractivity contribution in [1.29, 1.82) is 0 Å². The number of ether oxygens (including phenoxy) is 1. The highest BCUT2D eigenvalue weighted by Gasteiger charge is 2.13. The van der Waals surface area contributed by atoms with E-state index in [1.165, 1.54) is 54.9 Å². The number of carbonyl (C=O) groups is 1. The number of benzene rings is 2. The Balaban J connectivity index is 1.49. The minimum absolute atomic E-state index is 0.0121. The molecule has 0 atom stereocenters. The zero-order chi connectivity index (χ0) is 23.2. The van der Waals surface area contributed by atoms with Crippen molar-refractivity contribution in [3.63, 3.8) is 0 Å². The molecule has 1 amide bonds. The topological polar surface area (TPSA) is 89.0 Å². The van der Waals surface area contributed by atoms with Crippen molar-refractivity contribution in [3.8, 4) is 16.9 Å². The van der Waals surface area contributed by atoms with Gasteiger partial charge in [-0.1, -0.05) is 12.1 Å². The van der Waals surface area contributed by atoms with E-state index >= 15 is 0 Å². The molecule has 0 aliphatic heterocycles. The molecule has 0 radical (unpaired) electrons. The Morgan fingerprint density at radius 1 is 0.939 bits per heavy atom. The van der Waals surface area contributed by atoms with E-state index in [4.69, 9.17) is 0 Å². The van der Waals surface area contributed by atoms with Crippen LogP contribution in [0.3, 0.4) is 0 Å². The van der Waals surface area contributed by atoms with E-state index in [1.54, 1.807) is 24.4 Å². The van der Waals surface area contributed by atoms with E-state index in [1.807, 2.05) is 0 Å². The third kappa shape index (κ3) is 5.62. The summed E-state index contributed by atoms with van der Waals surface area (Å²) in [5.74, 6) is -0.721. The summed E-state index contributed by atoms with van der Waals surface area (Å²) >= 11 is 0. The molecule has 33 heavy (non-hydrogen) atoms. The Morgan fingerprint density at radius 3 is 2.42 bits per heavy atom. The summed E-state index contributed by atoms with van der Waals surface area (Å²) in [7, 11) is 0. The number of hydrogen-bond acceptors (Lipinski definition) is 6. The first-order chi connectivity index (χ1) is 16.0. The number of nitrogens with zero attached hydrogens (tertiary/aromatic N) is 3. The number of rotatable bonds is 7.